The molecule has 150 valence electrons. The molecule has 6 heteroatoms. The van der Waals surface area contributed by atoms with Crippen molar-refractivity contribution in [2.24, 2.45) is 0 Å². The third kappa shape index (κ3) is 5.11. The summed E-state index contributed by atoms with van der Waals surface area (Å²) in [7, 11) is 0. The third-order valence-corrected chi connectivity index (χ3v) is 4.37. The Morgan fingerprint density at radius 2 is 1.60 bits per heavy atom. The predicted molar refractivity (Wildman–Crippen MR) is 115 cm³/mol. The van der Waals surface area contributed by atoms with E-state index in [1.807, 2.05) is 97.9 Å². The molecule has 0 aliphatic heterocycles. The van der Waals surface area contributed by atoms with Gasteiger partial charge in [0.2, 0.25) is 5.95 Å². The van der Waals surface area contributed by atoms with E-state index in [1.165, 1.54) is 5.56 Å². The van der Waals surface area contributed by atoms with E-state index < -0.39 is 0 Å². The predicted octanol–water partition coefficient (Wildman–Crippen LogP) is 5.48. The fourth-order valence-corrected chi connectivity index (χ4v) is 2.86. The zero-order chi connectivity index (χ0) is 20.1. The monoisotopic (exact) mass is 436 g/mol. The molecule has 0 aliphatic rings. The second-order valence-corrected chi connectivity index (χ2v) is 6.57. The van der Waals surface area contributed by atoms with E-state index in [0.717, 1.165) is 16.8 Å². The van der Waals surface area contributed by atoms with Crippen LogP contribution in [0.1, 0.15) is 5.56 Å². The second-order valence-electron chi connectivity index (χ2n) is 6.57. The van der Waals surface area contributed by atoms with Crippen molar-refractivity contribution < 1.29 is 21.6 Å². The van der Waals surface area contributed by atoms with Crippen LogP contribution in [-0.2, 0) is 17.1 Å². The molecule has 5 rings (SSSR count). The van der Waals surface area contributed by atoms with Crippen LogP contribution in [0.4, 0.5) is 5.95 Å². The minimum atomic E-state index is 0. The molecule has 0 fully saturated rings. The summed E-state index contributed by atoms with van der Waals surface area (Å²) in [4.78, 5) is 8.56. The van der Waals surface area contributed by atoms with Gasteiger partial charge in [-0.3, -0.25) is 0 Å². The van der Waals surface area contributed by atoms with Gasteiger partial charge in [-0.05, 0) is 12.6 Å². The van der Waals surface area contributed by atoms with Crippen LogP contribution in [0.2, 0.25) is 0 Å². The van der Waals surface area contributed by atoms with Gasteiger partial charge in [0.25, 0.3) is 0 Å². The molecule has 0 bridgehead atoms. The molecule has 0 spiro atoms. The molecule has 2 heterocycles. The topological polar surface area (TPSA) is 77.8 Å². The van der Waals surface area contributed by atoms with Gasteiger partial charge in [0, 0.05) is 11.6 Å². The molecule has 5 aromatic rings. The van der Waals surface area contributed by atoms with Crippen LogP contribution in [0.3, 0.4) is 0 Å². The van der Waals surface area contributed by atoms with Crippen molar-refractivity contribution in [1.29, 1.82) is 0 Å². The number of nitrogen functional groups attached to an aromatic ring is 1. The fourth-order valence-electron chi connectivity index (χ4n) is 2.86. The number of anilines is 1. The first-order valence-electron chi connectivity index (χ1n) is 9.26. The summed E-state index contributed by atoms with van der Waals surface area (Å²) in [6.07, 6.45) is 0. The van der Waals surface area contributed by atoms with E-state index >= 15 is 0 Å². The Balaban J connectivity index is 0.000000376. The second kappa shape index (κ2) is 9.83. The normalized spacial score (nSPS) is 10.0. The Labute approximate surface area is 185 Å². The number of rotatable bonds is 3. The number of nitrogens with zero attached hydrogens (tertiary/aromatic N) is 3. The van der Waals surface area contributed by atoms with Crippen molar-refractivity contribution in [3.63, 3.8) is 0 Å². The molecule has 0 radical (unpaired) electrons. The standard InChI is InChI=1S/C19H15N4O.C5H5.Fe/c1-12-6-8-14(9-7-12)18-11-17(23-24-18)16-10-15(21-19(20)22-16)13-4-2-3-5-13;1-2-4-5-3-1;/h2-11H,1H3,(H2,20,21,22);1-5H;/q2*-1;+2. The molecule has 3 aromatic carbocycles. The van der Waals surface area contributed by atoms with Gasteiger partial charge in [0.15, 0.2) is 5.76 Å². The van der Waals surface area contributed by atoms with Gasteiger partial charge < -0.3 is 10.3 Å². The fraction of sp³-hybridized carbons (Fsp3) is 0.0417. The molecule has 0 amide bonds. The van der Waals surface area contributed by atoms with Crippen molar-refractivity contribution in [1.82, 2.24) is 15.1 Å². The van der Waals surface area contributed by atoms with Crippen molar-refractivity contribution in [3.8, 4) is 34.0 Å². The summed E-state index contributed by atoms with van der Waals surface area (Å²) in [5.41, 5.74) is 11.1. The van der Waals surface area contributed by atoms with Crippen LogP contribution in [0.25, 0.3) is 34.0 Å². The molecule has 0 unspecified atom stereocenters. The SMILES string of the molecule is Cc1ccc(-c2cc(-c3cc(-[c-]4cccc4)nc(N)n3)no2)cc1.[Fe+2].c1cc[cH-]c1. The molecular weight excluding hydrogens is 416 g/mol. The summed E-state index contributed by atoms with van der Waals surface area (Å²) in [6, 6.07) is 29.7. The van der Waals surface area contributed by atoms with Gasteiger partial charge in [-0.1, -0.05) is 46.6 Å². The van der Waals surface area contributed by atoms with Crippen LogP contribution in [-0.4, -0.2) is 15.1 Å². The van der Waals surface area contributed by atoms with Crippen molar-refractivity contribution >= 4 is 5.95 Å². The van der Waals surface area contributed by atoms with Gasteiger partial charge in [0.1, 0.15) is 5.69 Å². The number of hydrogen-bond donors (Lipinski definition) is 1. The van der Waals surface area contributed by atoms with E-state index in [4.69, 9.17) is 10.3 Å². The average Bonchev–Trinajstić information content (AvgIpc) is 3.52. The van der Waals surface area contributed by atoms with E-state index in [2.05, 4.69) is 15.1 Å². The Morgan fingerprint density at radius 1 is 0.900 bits per heavy atom. The van der Waals surface area contributed by atoms with Gasteiger partial charge in [-0.15, -0.1) is 12.1 Å². The smallest absolute Gasteiger partial charge is 0.368 e. The molecule has 0 atom stereocenters. The van der Waals surface area contributed by atoms with Crippen molar-refractivity contribution in [2.75, 3.05) is 5.73 Å². The quantitative estimate of drug-likeness (QED) is 0.300. The first-order chi connectivity index (χ1) is 14.2. The average molecular weight is 436 g/mol. The number of aryl methyl sites for hydroxylation is 1. The number of hydrogen-bond acceptors (Lipinski definition) is 5. The minimum absolute atomic E-state index is 0. The number of nitrogens with two attached hydrogens (primary N) is 1. The molecule has 0 aliphatic carbocycles. The largest absolute Gasteiger partial charge is 2.00 e. The van der Waals surface area contributed by atoms with E-state index in [0.29, 0.717) is 17.1 Å². The van der Waals surface area contributed by atoms with E-state index in [-0.39, 0.29) is 23.0 Å². The molecule has 2 aromatic heterocycles. The molecule has 2 N–H and O–H groups in total. The van der Waals surface area contributed by atoms with Gasteiger partial charge in [-0.25, -0.2) is 22.1 Å². The number of aromatic nitrogens is 3. The zero-order valence-electron chi connectivity index (χ0n) is 16.3. The Hall–Kier alpha value is -3.47. The summed E-state index contributed by atoms with van der Waals surface area (Å²) < 4.78 is 5.46. The van der Waals surface area contributed by atoms with Gasteiger partial charge in [0.05, 0.1) is 5.69 Å². The molecule has 0 saturated heterocycles. The molecule has 30 heavy (non-hydrogen) atoms. The van der Waals surface area contributed by atoms with E-state index in [1.54, 1.807) is 0 Å². The van der Waals surface area contributed by atoms with Gasteiger partial charge in [-0.2, -0.15) is 30.3 Å². The van der Waals surface area contributed by atoms with Gasteiger partial charge >= 0.3 is 17.1 Å². The van der Waals surface area contributed by atoms with Crippen LogP contribution < -0.4 is 5.73 Å². The maximum absolute atomic E-state index is 5.86. The summed E-state index contributed by atoms with van der Waals surface area (Å²) in [6.45, 7) is 2.05. The summed E-state index contributed by atoms with van der Waals surface area (Å²) in [5, 5.41) is 4.13. The maximum Gasteiger partial charge on any atom is 2.00 e. The Morgan fingerprint density at radius 3 is 2.23 bits per heavy atom. The summed E-state index contributed by atoms with van der Waals surface area (Å²) in [5.74, 6) is 0.903. The minimum Gasteiger partial charge on any atom is -0.368 e. The number of benzene rings is 1. The first kappa shape index (κ1) is 21.2. The van der Waals surface area contributed by atoms with Crippen LogP contribution in [0, 0.1) is 6.92 Å². The zero-order valence-corrected chi connectivity index (χ0v) is 17.4. The first-order valence-corrected chi connectivity index (χ1v) is 9.26. The Bertz CT molecular complexity index is 1140. The third-order valence-electron chi connectivity index (χ3n) is 4.37. The molecule has 0 saturated carbocycles. The van der Waals surface area contributed by atoms with Crippen LogP contribution >= 0.6 is 0 Å². The Kier molecular flexibility index (Phi) is 6.96. The van der Waals surface area contributed by atoms with Crippen molar-refractivity contribution in [2.45, 2.75) is 6.92 Å². The summed E-state index contributed by atoms with van der Waals surface area (Å²) >= 11 is 0. The maximum atomic E-state index is 5.86. The van der Waals surface area contributed by atoms with Crippen molar-refractivity contribution in [3.05, 3.63) is 96.6 Å². The van der Waals surface area contributed by atoms with Crippen LogP contribution in [0.5, 0.6) is 0 Å². The van der Waals surface area contributed by atoms with Crippen LogP contribution in [0.15, 0.2) is 95.5 Å². The van der Waals surface area contributed by atoms with E-state index in [9.17, 15) is 0 Å². The molecule has 5 nitrogen and oxygen atoms in total. The molecular formula is C24H20FeN4O.